The van der Waals surface area contributed by atoms with Crippen molar-refractivity contribution < 1.29 is 28.7 Å². The van der Waals surface area contributed by atoms with Gasteiger partial charge in [-0.1, -0.05) is 44.0 Å². The number of rotatable bonds is 15. The van der Waals surface area contributed by atoms with Gasteiger partial charge in [0.25, 0.3) is 5.91 Å². The molecule has 0 unspecified atom stereocenters. The summed E-state index contributed by atoms with van der Waals surface area (Å²) in [5.74, 6) is -0.734. The quantitative estimate of drug-likeness (QED) is 0.260. The Morgan fingerprint density at radius 3 is 2.37 bits per heavy atom. The van der Waals surface area contributed by atoms with E-state index in [2.05, 4.69) is 20.9 Å². The largest absolute Gasteiger partial charge is 0.493 e. The molecule has 2 aromatic carbocycles. The Kier molecular flexibility index (Phi) is 11.8. The van der Waals surface area contributed by atoms with Gasteiger partial charge in [0.2, 0.25) is 11.8 Å². The number of methoxy groups -OCH3 is 2. The Morgan fingerprint density at radius 1 is 0.878 bits per heavy atom. The molecule has 41 heavy (non-hydrogen) atoms. The van der Waals surface area contributed by atoms with E-state index >= 15 is 0 Å². The summed E-state index contributed by atoms with van der Waals surface area (Å²) in [6, 6.07) is 17.0. The number of pyridine rings is 1. The molecule has 0 spiro atoms. The summed E-state index contributed by atoms with van der Waals surface area (Å²) in [4.78, 5) is 54.9. The zero-order valence-electron chi connectivity index (χ0n) is 23.6. The van der Waals surface area contributed by atoms with Gasteiger partial charge in [-0.15, -0.1) is 0 Å². The number of carbonyl (C=O) groups is 4. The number of ether oxygens (including phenoxy) is 2. The molecule has 3 rings (SSSR count). The second kappa shape index (κ2) is 15.8. The lowest BCUT2D eigenvalue weighted by Crippen LogP contribution is -2.48. The Balaban J connectivity index is 1.49. The summed E-state index contributed by atoms with van der Waals surface area (Å²) in [7, 11) is 2.97. The highest BCUT2D eigenvalue weighted by Crippen LogP contribution is 2.27. The molecule has 0 saturated heterocycles. The summed E-state index contributed by atoms with van der Waals surface area (Å²) in [6.07, 6.45) is 3.74. The second-order valence-corrected chi connectivity index (χ2v) is 9.36. The minimum atomic E-state index is -0.829. The van der Waals surface area contributed by atoms with Gasteiger partial charge in [-0.3, -0.25) is 24.2 Å². The topological polar surface area (TPSA) is 136 Å². The van der Waals surface area contributed by atoms with Gasteiger partial charge in [0, 0.05) is 17.3 Å². The molecule has 10 nitrogen and oxygen atoms in total. The fourth-order valence-corrected chi connectivity index (χ4v) is 4.09. The van der Waals surface area contributed by atoms with Crippen LogP contribution >= 0.6 is 0 Å². The number of nitrogens with one attached hydrogen (secondary N) is 3. The summed E-state index contributed by atoms with van der Waals surface area (Å²) < 4.78 is 10.5. The maximum Gasteiger partial charge on any atom is 0.252 e. The van der Waals surface area contributed by atoms with Crippen LogP contribution in [0.25, 0.3) is 11.3 Å². The lowest BCUT2D eigenvalue weighted by molar-refractivity contribution is -0.127. The van der Waals surface area contributed by atoms with Gasteiger partial charge in [-0.2, -0.15) is 0 Å². The van der Waals surface area contributed by atoms with Crippen molar-refractivity contribution in [2.45, 2.75) is 38.6 Å². The number of hydrogen-bond acceptors (Lipinski definition) is 7. The Morgan fingerprint density at radius 2 is 1.66 bits per heavy atom. The summed E-state index contributed by atoms with van der Waals surface area (Å²) in [5.41, 5.74) is 2.79. The van der Waals surface area contributed by atoms with E-state index < -0.39 is 17.9 Å². The van der Waals surface area contributed by atoms with E-state index in [-0.39, 0.29) is 31.2 Å². The number of nitrogens with zero attached hydrogens (tertiary/aromatic N) is 1. The molecule has 0 saturated carbocycles. The molecule has 0 aliphatic heterocycles. The minimum Gasteiger partial charge on any atom is -0.493 e. The van der Waals surface area contributed by atoms with Gasteiger partial charge < -0.3 is 25.4 Å². The Bertz CT molecular complexity index is 1350. The normalized spacial score (nSPS) is 11.2. The van der Waals surface area contributed by atoms with E-state index in [0.717, 1.165) is 23.2 Å². The molecule has 0 aliphatic carbocycles. The van der Waals surface area contributed by atoms with E-state index in [4.69, 9.17) is 9.47 Å². The third kappa shape index (κ3) is 9.45. The number of amides is 3. The number of Topliss-reactive ketones (excluding diaryl/α,β-unsaturated/α-hetero) is 1. The van der Waals surface area contributed by atoms with Crippen LogP contribution in [-0.4, -0.2) is 61.8 Å². The highest BCUT2D eigenvalue weighted by atomic mass is 16.5. The van der Waals surface area contributed by atoms with Crippen LogP contribution in [0.1, 0.15) is 42.1 Å². The Labute approximate surface area is 239 Å². The molecular weight excluding hydrogens is 524 g/mol. The van der Waals surface area contributed by atoms with Gasteiger partial charge >= 0.3 is 0 Å². The molecule has 0 aliphatic rings. The predicted octanol–water partition coefficient (Wildman–Crippen LogP) is 3.10. The zero-order chi connectivity index (χ0) is 29.6. The van der Waals surface area contributed by atoms with Crippen LogP contribution in [0.2, 0.25) is 0 Å². The van der Waals surface area contributed by atoms with Crippen molar-refractivity contribution in [3.63, 3.8) is 0 Å². The van der Waals surface area contributed by atoms with E-state index in [9.17, 15) is 19.2 Å². The predicted molar refractivity (Wildman–Crippen MR) is 155 cm³/mol. The average Bonchev–Trinajstić information content (AvgIpc) is 3.00. The first-order valence-electron chi connectivity index (χ1n) is 13.4. The second-order valence-electron chi connectivity index (χ2n) is 9.36. The lowest BCUT2D eigenvalue weighted by atomic mass is 10.1. The third-order valence-electron chi connectivity index (χ3n) is 6.31. The molecule has 0 bridgehead atoms. The molecule has 1 atom stereocenters. The van der Waals surface area contributed by atoms with Crippen LogP contribution in [-0.2, 0) is 20.8 Å². The monoisotopic (exact) mass is 560 g/mol. The van der Waals surface area contributed by atoms with Crippen LogP contribution in [0.15, 0.2) is 66.9 Å². The SMILES string of the molecule is CCCC[C@H](NC(=O)c1ccc(OC)c(OC)c1)C(=O)NCC(=O)CNC(=O)Cc1cccc(-c2ccccn2)c1. The highest BCUT2D eigenvalue weighted by Gasteiger charge is 2.22. The lowest BCUT2D eigenvalue weighted by Gasteiger charge is -2.18. The van der Waals surface area contributed by atoms with Crippen LogP contribution in [0.5, 0.6) is 11.5 Å². The Hall–Kier alpha value is -4.73. The smallest absolute Gasteiger partial charge is 0.252 e. The molecule has 1 heterocycles. The van der Waals surface area contributed by atoms with Gasteiger partial charge in [0.1, 0.15) is 6.04 Å². The first-order valence-corrected chi connectivity index (χ1v) is 13.4. The van der Waals surface area contributed by atoms with Gasteiger partial charge in [-0.25, -0.2) is 0 Å². The first-order chi connectivity index (χ1) is 19.8. The summed E-state index contributed by atoms with van der Waals surface area (Å²) in [5, 5.41) is 7.93. The maximum absolute atomic E-state index is 12.9. The van der Waals surface area contributed by atoms with Crippen molar-refractivity contribution in [1.82, 2.24) is 20.9 Å². The van der Waals surface area contributed by atoms with Crippen molar-refractivity contribution in [2.75, 3.05) is 27.3 Å². The van der Waals surface area contributed by atoms with E-state index in [1.807, 2.05) is 49.4 Å². The number of ketones is 1. The number of carbonyl (C=O) groups excluding carboxylic acids is 4. The van der Waals surface area contributed by atoms with Crippen molar-refractivity contribution in [3.05, 3.63) is 78.0 Å². The highest BCUT2D eigenvalue weighted by molar-refractivity contribution is 5.99. The molecule has 10 heteroatoms. The van der Waals surface area contributed by atoms with Crippen molar-refractivity contribution >= 4 is 23.5 Å². The van der Waals surface area contributed by atoms with Crippen LogP contribution < -0.4 is 25.4 Å². The van der Waals surface area contributed by atoms with Gasteiger partial charge in [0.15, 0.2) is 17.3 Å². The number of aromatic nitrogens is 1. The fourth-order valence-electron chi connectivity index (χ4n) is 4.09. The summed E-state index contributed by atoms with van der Waals surface area (Å²) >= 11 is 0. The molecule has 1 aromatic heterocycles. The standard InChI is InChI=1S/C31H36N4O6/c1-4-5-11-26(35-30(38)23-13-14-27(40-2)28(18-23)41-3)31(39)34-20-24(36)19-33-29(37)17-21-9-8-10-22(16-21)25-12-6-7-15-32-25/h6-10,12-16,18,26H,4-5,11,17,19-20H2,1-3H3,(H,33,37)(H,34,39)(H,35,38)/t26-/m0/s1. The molecule has 3 N–H and O–H groups in total. The maximum atomic E-state index is 12.9. The molecule has 3 amide bonds. The molecule has 216 valence electrons. The molecular formula is C31H36N4O6. The van der Waals surface area contributed by atoms with E-state index in [1.54, 1.807) is 18.3 Å². The molecule has 0 radical (unpaired) electrons. The van der Waals surface area contributed by atoms with Crippen molar-refractivity contribution in [2.24, 2.45) is 0 Å². The molecule has 3 aromatic rings. The van der Waals surface area contributed by atoms with Crippen LogP contribution in [0.4, 0.5) is 0 Å². The third-order valence-corrected chi connectivity index (χ3v) is 6.31. The number of benzene rings is 2. The molecule has 0 fully saturated rings. The average molecular weight is 561 g/mol. The zero-order valence-corrected chi connectivity index (χ0v) is 23.6. The minimum absolute atomic E-state index is 0.0988. The van der Waals surface area contributed by atoms with Gasteiger partial charge in [0.05, 0.1) is 39.4 Å². The van der Waals surface area contributed by atoms with E-state index in [1.165, 1.54) is 20.3 Å². The number of unbranched alkanes of at least 4 members (excludes halogenated alkanes) is 1. The fraction of sp³-hybridized carbons (Fsp3) is 0.323. The van der Waals surface area contributed by atoms with Gasteiger partial charge in [-0.05, 0) is 48.4 Å². The van der Waals surface area contributed by atoms with E-state index in [0.29, 0.717) is 29.9 Å². The van der Waals surface area contributed by atoms with Crippen LogP contribution in [0.3, 0.4) is 0 Å². The van der Waals surface area contributed by atoms with Crippen molar-refractivity contribution in [3.8, 4) is 22.8 Å². The summed E-state index contributed by atoms with van der Waals surface area (Å²) in [6.45, 7) is 1.48. The number of hydrogen-bond donors (Lipinski definition) is 3. The van der Waals surface area contributed by atoms with Crippen LogP contribution in [0, 0.1) is 0 Å². The van der Waals surface area contributed by atoms with Crippen molar-refractivity contribution in [1.29, 1.82) is 0 Å². The first kappa shape index (κ1) is 30.8.